The predicted octanol–water partition coefficient (Wildman–Crippen LogP) is 1.32. The first-order valence-corrected chi connectivity index (χ1v) is 4.48. The van der Waals surface area contributed by atoms with Crippen LogP contribution in [0.5, 0.6) is 0 Å². The van der Waals surface area contributed by atoms with E-state index in [1.165, 1.54) is 5.01 Å². The van der Waals surface area contributed by atoms with Crippen LogP contribution in [0.15, 0.2) is 5.29 Å². The molecule has 1 aliphatic heterocycles. The van der Waals surface area contributed by atoms with Crippen LogP contribution in [0.25, 0.3) is 0 Å². The number of hydrogen-bond donors (Lipinski definition) is 0. The van der Waals surface area contributed by atoms with Gasteiger partial charge in [-0.05, 0) is 0 Å². The lowest BCUT2D eigenvalue weighted by Crippen LogP contribution is -2.18. The second kappa shape index (κ2) is 3.19. The lowest BCUT2D eigenvalue weighted by Gasteiger charge is -2.18. The monoisotopic (exact) mass is 150 g/mol. The highest BCUT2D eigenvalue weighted by Crippen LogP contribution is 2.21. The smallest absolute Gasteiger partial charge is 0.0864 e. The van der Waals surface area contributed by atoms with Crippen molar-refractivity contribution in [3.8, 4) is 0 Å². The fourth-order valence-corrected chi connectivity index (χ4v) is 2.31. The highest BCUT2D eigenvalue weighted by atomic mass is 32.2. The zero-order valence-electron chi connectivity index (χ0n) is 4.24. The van der Waals surface area contributed by atoms with Gasteiger partial charge < -0.3 is 0 Å². The van der Waals surface area contributed by atoms with Crippen molar-refractivity contribution in [2.24, 2.45) is 5.29 Å². The molecule has 3 nitrogen and oxygen atoms in total. The van der Waals surface area contributed by atoms with Gasteiger partial charge in [-0.3, -0.25) is 0 Å². The Hall–Kier alpha value is 0.1000. The molecule has 46 valence electrons. The zero-order valence-corrected chi connectivity index (χ0v) is 5.87. The van der Waals surface area contributed by atoms with Crippen LogP contribution in [0.2, 0.25) is 0 Å². The van der Waals surface area contributed by atoms with Gasteiger partial charge in [-0.25, -0.2) is 5.01 Å². The van der Waals surface area contributed by atoms with Gasteiger partial charge in [-0.15, -0.1) is 28.4 Å². The molecule has 0 aromatic heterocycles. The third-order valence-electron chi connectivity index (χ3n) is 0.763. The molecule has 0 aromatic rings. The van der Waals surface area contributed by atoms with E-state index in [4.69, 9.17) is 0 Å². The maximum Gasteiger partial charge on any atom is 0.0864 e. The first-order valence-electron chi connectivity index (χ1n) is 2.17. The van der Waals surface area contributed by atoms with Crippen molar-refractivity contribution in [2.45, 2.75) is 0 Å². The van der Waals surface area contributed by atoms with Crippen LogP contribution >= 0.6 is 23.5 Å². The van der Waals surface area contributed by atoms with Gasteiger partial charge in [0.2, 0.25) is 0 Å². The van der Waals surface area contributed by atoms with Crippen LogP contribution < -0.4 is 0 Å². The van der Waals surface area contributed by atoms with E-state index in [2.05, 4.69) is 5.29 Å². The summed E-state index contributed by atoms with van der Waals surface area (Å²) < 4.78 is 0. The van der Waals surface area contributed by atoms with Gasteiger partial charge in [-0.1, -0.05) is 0 Å². The molecule has 1 heterocycles. The van der Waals surface area contributed by atoms with E-state index >= 15 is 0 Å². The molecule has 5 heteroatoms. The third kappa shape index (κ3) is 1.56. The quantitative estimate of drug-likeness (QED) is 0.528. The van der Waals surface area contributed by atoms with E-state index in [1.54, 1.807) is 23.5 Å². The molecule has 0 aromatic carbocycles. The van der Waals surface area contributed by atoms with Crippen LogP contribution in [0.3, 0.4) is 0 Å². The van der Waals surface area contributed by atoms with Crippen molar-refractivity contribution < 1.29 is 0 Å². The van der Waals surface area contributed by atoms with Crippen molar-refractivity contribution >= 4 is 23.5 Å². The van der Waals surface area contributed by atoms with E-state index in [-0.39, 0.29) is 0 Å². The van der Waals surface area contributed by atoms with E-state index in [0.717, 1.165) is 16.8 Å². The summed E-state index contributed by atoms with van der Waals surface area (Å²) in [6, 6.07) is 0. The van der Waals surface area contributed by atoms with Crippen LogP contribution in [-0.4, -0.2) is 21.8 Å². The van der Waals surface area contributed by atoms with E-state index < -0.39 is 0 Å². The minimum Gasteiger partial charge on any atom is -0.241 e. The van der Waals surface area contributed by atoms with Gasteiger partial charge in [0.05, 0.1) is 17.0 Å². The van der Waals surface area contributed by atoms with Crippen molar-refractivity contribution in [3.63, 3.8) is 0 Å². The number of nitrogens with zero attached hydrogens (tertiary/aromatic N) is 2. The summed E-state index contributed by atoms with van der Waals surface area (Å²) in [5.41, 5.74) is 0. The molecule has 0 spiro atoms. The van der Waals surface area contributed by atoms with Crippen LogP contribution in [0.4, 0.5) is 0 Å². The highest BCUT2D eigenvalue weighted by Gasteiger charge is 2.07. The maximum absolute atomic E-state index is 9.81. The molecule has 1 rings (SSSR count). The van der Waals surface area contributed by atoms with Crippen molar-refractivity contribution in [1.82, 2.24) is 5.01 Å². The van der Waals surface area contributed by atoms with Gasteiger partial charge in [0, 0.05) is 5.08 Å². The molecule has 1 aliphatic rings. The topological polar surface area (TPSA) is 32.7 Å². The van der Waals surface area contributed by atoms with Gasteiger partial charge in [-0.2, -0.15) is 0 Å². The Morgan fingerprint density at radius 2 is 2.00 bits per heavy atom. The molecule has 0 amide bonds. The van der Waals surface area contributed by atoms with Crippen molar-refractivity contribution in [2.75, 3.05) is 16.8 Å². The first kappa shape index (κ1) is 6.22. The molecule has 0 N–H and O–H groups in total. The largest absolute Gasteiger partial charge is 0.241 e. The summed E-state index contributed by atoms with van der Waals surface area (Å²) in [5, 5.41) is 5.39. The van der Waals surface area contributed by atoms with Gasteiger partial charge in [0.25, 0.3) is 0 Å². The molecule has 1 fully saturated rings. The SMILES string of the molecule is O=NN1CSCSC1. The average Bonchev–Trinajstić information content (AvgIpc) is 1.90. The molecule has 8 heavy (non-hydrogen) atoms. The molecular formula is C3H6N2OS2. The Kier molecular flexibility index (Phi) is 2.48. The number of nitroso groups, excluding NO2 is 1. The molecule has 0 aliphatic carbocycles. The lowest BCUT2D eigenvalue weighted by atomic mass is 11.2. The first-order chi connectivity index (χ1) is 3.93. The zero-order chi connectivity index (χ0) is 5.82. The molecule has 1 saturated heterocycles. The van der Waals surface area contributed by atoms with Gasteiger partial charge in [0.1, 0.15) is 0 Å². The molecule has 0 atom stereocenters. The van der Waals surface area contributed by atoms with Crippen LogP contribution in [0.1, 0.15) is 0 Å². The molecule has 0 saturated carbocycles. The Bertz CT molecular complexity index is 83.4. The highest BCUT2D eigenvalue weighted by molar-refractivity contribution is 8.16. The summed E-state index contributed by atoms with van der Waals surface area (Å²) in [6.07, 6.45) is 0. The fraction of sp³-hybridized carbons (Fsp3) is 1.00. The van der Waals surface area contributed by atoms with Crippen LogP contribution in [0, 0.1) is 4.91 Å². The van der Waals surface area contributed by atoms with Crippen molar-refractivity contribution in [1.29, 1.82) is 0 Å². The average molecular weight is 150 g/mol. The summed E-state index contributed by atoms with van der Waals surface area (Å²) >= 11 is 3.45. The van der Waals surface area contributed by atoms with E-state index in [0.29, 0.717) is 0 Å². The number of hydrogen-bond acceptors (Lipinski definition) is 4. The van der Waals surface area contributed by atoms with Crippen molar-refractivity contribution in [3.05, 3.63) is 4.91 Å². The molecular weight excluding hydrogens is 144 g/mol. The third-order valence-corrected chi connectivity index (χ3v) is 3.06. The number of rotatable bonds is 1. The van der Waals surface area contributed by atoms with Gasteiger partial charge in [0.15, 0.2) is 0 Å². The van der Waals surface area contributed by atoms with E-state index in [1.807, 2.05) is 0 Å². The van der Waals surface area contributed by atoms with Crippen LogP contribution in [-0.2, 0) is 0 Å². The number of thioether (sulfide) groups is 2. The molecule has 0 unspecified atom stereocenters. The van der Waals surface area contributed by atoms with E-state index in [9.17, 15) is 4.91 Å². The Balaban J connectivity index is 2.22. The minimum absolute atomic E-state index is 0.760. The maximum atomic E-state index is 9.81. The standard InChI is InChI=1S/C3H6N2OS2/c6-4-5-1-7-3-8-2-5/h1-3H2. The summed E-state index contributed by atoms with van der Waals surface area (Å²) in [4.78, 5) is 9.81. The summed E-state index contributed by atoms with van der Waals surface area (Å²) in [5.74, 6) is 1.52. The summed E-state index contributed by atoms with van der Waals surface area (Å²) in [6.45, 7) is 0. The predicted molar refractivity (Wildman–Crippen MR) is 37.4 cm³/mol. The normalized spacial score (nSPS) is 20.8. The van der Waals surface area contributed by atoms with Gasteiger partial charge >= 0.3 is 0 Å². The fourth-order valence-electron chi connectivity index (χ4n) is 0.429. The molecule has 0 radical (unpaired) electrons. The second-order valence-electron chi connectivity index (χ2n) is 1.37. The lowest BCUT2D eigenvalue weighted by molar-refractivity contribution is 0.395. The Morgan fingerprint density at radius 3 is 2.38 bits per heavy atom. The minimum atomic E-state index is 0.760. The summed E-state index contributed by atoms with van der Waals surface area (Å²) in [7, 11) is 0. The Morgan fingerprint density at radius 1 is 1.38 bits per heavy atom. The molecule has 0 bridgehead atoms. The second-order valence-corrected chi connectivity index (χ2v) is 3.65. The Labute approximate surface area is 56.1 Å².